The SMILES string of the molecule is O=C(Nc1ncn[nH]1)c1ccc(C(=O)Nc2ccc(Cl)c(-c3ccccn3)c2)c(Cl)c1. The fraction of sp³-hybridized carbons (Fsp3) is 0. The predicted octanol–water partition coefficient (Wildman–Crippen LogP) is 4.68. The number of aromatic amines is 1. The quantitative estimate of drug-likeness (QED) is 0.406. The van der Waals surface area contributed by atoms with Crippen LogP contribution in [0.1, 0.15) is 20.7 Å². The van der Waals surface area contributed by atoms with Gasteiger partial charge < -0.3 is 5.32 Å². The third-order valence-electron chi connectivity index (χ3n) is 4.29. The molecule has 0 aliphatic heterocycles. The van der Waals surface area contributed by atoms with E-state index in [0.717, 1.165) is 0 Å². The van der Waals surface area contributed by atoms with E-state index < -0.39 is 11.8 Å². The number of benzene rings is 2. The van der Waals surface area contributed by atoms with Gasteiger partial charge in [0, 0.05) is 23.0 Å². The lowest BCUT2D eigenvalue weighted by molar-refractivity contribution is 0.101. The number of carbonyl (C=O) groups is 2. The number of anilines is 2. The van der Waals surface area contributed by atoms with Crippen molar-refractivity contribution in [2.75, 3.05) is 10.6 Å². The molecular formula is C21H14Cl2N6O2. The third-order valence-corrected chi connectivity index (χ3v) is 4.93. The normalized spacial score (nSPS) is 10.5. The van der Waals surface area contributed by atoms with Crippen molar-refractivity contribution in [2.24, 2.45) is 0 Å². The maximum atomic E-state index is 12.7. The first-order chi connectivity index (χ1) is 15.0. The molecule has 0 bridgehead atoms. The molecular weight excluding hydrogens is 439 g/mol. The summed E-state index contributed by atoms with van der Waals surface area (Å²) in [7, 11) is 0. The number of carbonyl (C=O) groups excluding carboxylic acids is 2. The molecule has 2 aromatic carbocycles. The Morgan fingerprint density at radius 3 is 2.45 bits per heavy atom. The second kappa shape index (κ2) is 8.95. The number of aromatic nitrogens is 4. The van der Waals surface area contributed by atoms with Gasteiger partial charge in [-0.2, -0.15) is 10.1 Å². The molecule has 4 aromatic rings. The Morgan fingerprint density at radius 2 is 1.74 bits per heavy atom. The molecule has 2 aromatic heterocycles. The van der Waals surface area contributed by atoms with E-state index in [1.165, 1.54) is 24.5 Å². The van der Waals surface area contributed by atoms with E-state index >= 15 is 0 Å². The summed E-state index contributed by atoms with van der Waals surface area (Å²) in [6.45, 7) is 0. The Bertz CT molecular complexity index is 1250. The summed E-state index contributed by atoms with van der Waals surface area (Å²) in [5, 5.41) is 12.1. The molecule has 10 heteroatoms. The van der Waals surface area contributed by atoms with Crippen LogP contribution in [0.4, 0.5) is 11.6 Å². The summed E-state index contributed by atoms with van der Waals surface area (Å²) in [5.41, 5.74) is 2.38. The number of halogens is 2. The molecule has 8 nitrogen and oxygen atoms in total. The summed E-state index contributed by atoms with van der Waals surface area (Å²) in [4.78, 5) is 33.1. The Labute approximate surface area is 186 Å². The summed E-state index contributed by atoms with van der Waals surface area (Å²) in [6.07, 6.45) is 2.93. The van der Waals surface area contributed by atoms with Gasteiger partial charge in [0.15, 0.2) is 0 Å². The smallest absolute Gasteiger partial charge is 0.258 e. The van der Waals surface area contributed by atoms with Crippen molar-refractivity contribution < 1.29 is 9.59 Å². The van der Waals surface area contributed by atoms with Crippen molar-refractivity contribution in [2.45, 2.75) is 0 Å². The minimum Gasteiger partial charge on any atom is -0.322 e. The molecule has 0 saturated carbocycles. The van der Waals surface area contributed by atoms with Gasteiger partial charge in [-0.25, -0.2) is 5.10 Å². The van der Waals surface area contributed by atoms with Crippen LogP contribution in [0.25, 0.3) is 11.3 Å². The fourth-order valence-corrected chi connectivity index (χ4v) is 3.29. The van der Waals surface area contributed by atoms with Crippen LogP contribution in [-0.4, -0.2) is 32.0 Å². The second-order valence-corrected chi connectivity index (χ2v) is 7.16. The molecule has 154 valence electrons. The summed E-state index contributed by atoms with van der Waals surface area (Å²) in [5.74, 6) is -0.667. The van der Waals surface area contributed by atoms with Crippen LogP contribution < -0.4 is 10.6 Å². The highest BCUT2D eigenvalue weighted by atomic mass is 35.5. The zero-order valence-electron chi connectivity index (χ0n) is 15.8. The largest absolute Gasteiger partial charge is 0.322 e. The first-order valence-corrected chi connectivity index (χ1v) is 9.75. The molecule has 0 unspecified atom stereocenters. The van der Waals surface area contributed by atoms with E-state index in [2.05, 4.69) is 30.8 Å². The first kappa shape index (κ1) is 20.5. The molecule has 2 heterocycles. The standard InChI is InChI=1S/C21H14Cl2N6O2/c22-16-7-5-13(10-15(16)18-3-1-2-8-24-18)27-20(31)14-6-4-12(9-17(14)23)19(30)28-21-25-11-26-29-21/h1-11H,(H,27,31)(H2,25,26,28,29,30). The molecule has 0 spiro atoms. The molecule has 0 aliphatic carbocycles. The molecule has 0 fully saturated rings. The van der Waals surface area contributed by atoms with Crippen molar-refractivity contribution in [1.29, 1.82) is 0 Å². The van der Waals surface area contributed by atoms with E-state index in [1.807, 2.05) is 12.1 Å². The highest BCUT2D eigenvalue weighted by molar-refractivity contribution is 6.35. The Balaban J connectivity index is 1.52. The van der Waals surface area contributed by atoms with Crippen molar-refractivity contribution >= 4 is 46.7 Å². The van der Waals surface area contributed by atoms with Crippen molar-refractivity contribution in [1.82, 2.24) is 20.2 Å². The number of rotatable bonds is 5. The average molecular weight is 453 g/mol. The summed E-state index contributed by atoms with van der Waals surface area (Å²) in [6, 6.07) is 14.9. The zero-order valence-corrected chi connectivity index (χ0v) is 17.3. The van der Waals surface area contributed by atoms with Gasteiger partial charge in [0.1, 0.15) is 6.33 Å². The first-order valence-electron chi connectivity index (χ1n) is 9.00. The van der Waals surface area contributed by atoms with Crippen molar-refractivity contribution in [3.05, 3.63) is 88.3 Å². The Hall–Kier alpha value is -3.75. The van der Waals surface area contributed by atoms with Gasteiger partial charge in [-0.3, -0.25) is 19.9 Å². The molecule has 4 rings (SSSR count). The number of nitrogens with one attached hydrogen (secondary N) is 3. The maximum absolute atomic E-state index is 12.7. The monoisotopic (exact) mass is 452 g/mol. The van der Waals surface area contributed by atoms with Gasteiger partial charge in [-0.15, -0.1) is 0 Å². The fourth-order valence-electron chi connectivity index (χ4n) is 2.81. The van der Waals surface area contributed by atoms with Gasteiger partial charge in [0.05, 0.1) is 21.3 Å². The minimum atomic E-state index is -0.441. The lowest BCUT2D eigenvalue weighted by Crippen LogP contribution is -2.15. The Kier molecular flexibility index (Phi) is 5.92. The van der Waals surface area contributed by atoms with E-state index in [4.69, 9.17) is 23.2 Å². The topological polar surface area (TPSA) is 113 Å². The van der Waals surface area contributed by atoms with Crippen molar-refractivity contribution in [3.8, 4) is 11.3 Å². The molecule has 31 heavy (non-hydrogen) atoms. The van der Waals surface area contributed by atoms with Crippen LogP contribution in [0.5, 0.6) is 0 Å². The zero-order chi connectivity index (χ0) is 21.8. The number of amides is 2. The molecule has 0 saturated heterocycles. The lowest BCUT2D eigenvalue weighted by atomic mass is 10.1. The van der Waals surface area contributed by atoms with E-state index in [-0.39, 0.29) is 22.1 Å². The second-order valence-electron chi connectivity index (χ2n) is 6.35. The van der Waals surface area contributed by atoms with E-state index in [1.54, 1.807) is 30.5 Å². The van der Waals surface area contributed by atoms with Crippen LogP contribution in [-0.2, 0) is 0 Å². The van der Waals surface area contributed by atoms with Gasteiger partial charge in [0.2, 0.25) is 5.95 Å². The highest BCUT2D eigenvalue weighted by Crippen LogP contribution is 2.29. The highest BCUT2D eigenvalue weighted by Gasteiger charge is 2.16. The molecule has 3 N–H and O–H groups in total. The summed E-state index contributed by atoms with van der Waals surface area (Å²) >= 11 is 12.5. The number of pyridine rings is 1. The maximum Gasteiger partial charge on any atom is 0.258 e. The summed E-state index contributed by atoms with van der Waals surface area (Å²) < 4.78 is 0. The molecule has 0 radical (unpaired) electrons. The van der Waals surface area contributed by atoms with Crippen molar-refractivity contribution in [3.63, 3.8) is 0 Å². The predicted molar refractivity (Wildman–Crippen MR) is 118 cm³/mol. The van der Waals surface area contributed by atoms with Gasteiger partial charge in [-0.1, -0.05) is 29.3 Å². The van der Waals surface area contributed by atoms with Gasteiger partial charge >= 0.3 is 0 Å². The molecule has 0 aliphatic rings. The number of H-pyrrole nitrogens is 1. The van der Waals surface area contributed by atoms with Crippen LogP contribution >= 0.6 is 23.2 Å². The number of hydrogen-bond acceptors (Lipinski definition) is 5. The average Bonchev–Trinajstić information content (AvgIpc) is 3.28. The van der Waals surface area contributed by atoms with Crippen LogP contribution in [0.2, 0.25) is 10.0 Å². The van der Waals surface area contributed by atoms with Crippen LogP contribution in [0, 0.1) is 0 Å². The molecule has 2 amide bonds. The van der Waals surface area contributed by atoms with Crippen LogP contribution in [0.3, 0.4) is 0 Å². The molecule has 0 atom stereocenters. The minimum absolute atomic E-state index is 0.127. The van der Waals surface area contributed by atoms with E-state index in [0.29, 0.717) is 22.0 Å². The third kappa shape index (κ3) is 4.71. The van der Waals surface area contributed by atoms with Crippen LogP contribution in [0.15, 0.2) is 67.1 Å². The van der Waals surface area contributed by atoms with Gasteiger partial charge in [0.25, 0.3) is 11.8 Å². The Morgan fingerprint density at radius 1 is 0.871 bits per heavy atom. The lowest BCUT2D eigenvalue weighted by Gasteiger charge is -2.11. The number of hydrogen-bond donors (Lipinski definition) is 3. The number of nitrogens with zero attached hydrogens (tertiary/aromatic N) is 3. The van der Waals surface area contributed by atoms with Gasteiger partial charge in [-0.05, 0) is 48.5 Å². The van der Waals surface area contributed by atoms with E-state index in [9.17, 15) is 9.59 Å².